The van der Waals surface area contributed by atoms with E-state index in [1.54, 1.807) is 0 Å². The van der Waals surface area contributed by atoms with E-state index in [9.17, 15) is 39.6 Å². The first kappa shape index (κ1) is 26.4. The normalized spacial score (nSPS) is 21.6. The third-order valence-electron chi connectivity index (χ3n) is 6.62. The van der Waals surface area contributed by atoms with E-state index in [-0.39, 0.29) is 24.4 Å². The van der Waals surface area contributed by atoms with Gasteiger partial charge in [0.25, 0.3) is 15.7 Å². The van der Waals surface area contributed by atoms with Gasteiger partial charge in [0.05, 0.1) is 6.61 Å². The lowest BCUT2D eigenvalue weighted by atomic mass is 9.59. The molecule has 0 radical (unpaired) electrons. The van der Waals surface area contributed by atoms with E-state index >= 15 is 0 Å². The summed E-state index contributed by atoms with van der Waals surface area (Å²) in [6.45, 7) is -2.13. The van der Waals surface area contributed by atoms with Gasteiger partial charge in [0.15, 0.2) is 0 Å². The molecule has 1 atom stereocenters. The summed E-state index contributed by atoms with van der Waals surface area (Å²) >= 11 is 0. The lowest BCUT2D eigenvalue weighted by Gasteiger charge is -2.45. The second kappa shape index (κ2) is 9.03. The van der Waals surface area contributed by atoms with Crippen LogP contribution in [0.5, 0.6) is 0 Å². The van der Waals surface area contributed by atoms with E-state index in [1.807, 2.05) is 48.5 Å². The lowest BCUT2D eigenvalue weighted by molar-refractivity contribution is -0.370. The predicted molar refractivity (Wildman–Crippen MR) is 113 cm³/mol. The average Bonchev–Trinajstić information content (AvgIpc) is 2.78. The number of alkyl halides is 6. The maximum atomic E-state index is 13.3. The van der Waals surface area contributed by atoms with Crippen molar-refractivity contribution in [1.29, 1.82) is 0 Å². The Kier molecular flexibility index (Phi) is 6.63. The SMILES string of the molecule is O=C(COC(CS(=O)(=O)O)(C(F)(F)F)C(F)(F)F)OCC1CC2c3ccccc3C1c1ccccc12. The van der Waals surface area contributed by atoms with Gasteiger partial charge >= 0.3 is 18.3 Å². The lowest BCUT2D eigenvalue weighted by Crippen LogP contribution is -2.63. The van der Waals surface area contributed by atoms with E-state index in [0.717, 1.165) is 22.3 Å². The highest BCUT2D eigenvalue weighted by Gasteiger charge is 2.74. The van der Waals surface area contributed by atoms with Crippen LogP contribution in [0, 0.1) is 5.92 Å². The van der Waals surface area contributed by atoms with Gasteiger partial charge in [-0.1, -0.05) is 48.5 Å². The van der Waals surface area contributed by atoms with Crippen LogP contribution in [0.15, 0.2) is 48.5 Å². The van der Waals surface area contributed by atoms with Gasteiger partial charge in [-0.05, 0) is 28.7 Å². The molecule has 2 bridgehead atoms. The molecule has 1 unspecified atom stereocenters. The van der Waals surface area contributed by atoms with Crippen molar-refractivity contribution in [2.24, 2.45) is 5.92 Å². The number of fused-ring (bicyclic) bond motifs is 1. The third kappa shape index (κ3) is 4.71. The number of ether oxygens (including phenoxy) is 2. The Morgan fingerprint density at radius 1 is 0.889 bits per heavy atom. The first-order chi connectivity index (χ1) is 16.6. The van der Waals surface area contributed by atoms with E-state index in [4.69, 9.17) is 9.29 Å². The molecule has 0 heterocycles. The van der Waals surface area contributed by atoms with Gasteiger partial charge in [0.1, 0.15) is 12.4 Å². The van der Waals surface area contributed by atoms with E-state index in [2.05, 4.69) is 4.74 Å². The molecule has 3 aliphatic rings. The van der Waals surface area contributed by atoms with Crippen molar-refractivity contribution in [2.45, 2.75) is 36.2 Å². The summed E-state index contributed by atoms with van der Waals surface area (Å²) in [5, 5.41) is 0. The molecule has 5 rings (SSSR count). The summed E-state index contributed by atoms with van der Waals surface area (Å²) < 4.78 is 120. The number of carbonyl (C=O) groups is 1. The van der Waals surface area contributed by atoms with Crippen molar-refractivity contribution in [1.82, 2.24) is 0 Å². The number of hydrogen-bond donors (Lipinski definition) is 1. The Morgan fingerprint density at radius 2 is 1.36 bits per heavy atom. The number of rotatable bonds is 7. The van der Waals surface area contributed by atoms with Crippen LogP contribution in [0.4, 0.5) is 26.3 Å². The fraction of sp³-hybridized carbons (Fsp3) is 0.435. The maximum absolute atomic E-state index is 13.3. The van der Waals surface area contributed by atoms with Crippen LogP contribution in [0.2, 0.25) is 0 Å². The Hall–Kier alpha value is -2.64. The van der Waals surface area contributed by atoms with Gasteiger partial charge in [-0.25, -0.2) is 4.79 Å². The summed E-state index contributed by atoms with van der Waals surface area (Å²) in [6.07, 6.45) is -12.1. The van der Waals surface area contributed by atoms with Gasteiger partial charge in [-0.15, -0.1) is 0 Å². The first-order valence-electron chi connectivity index (χ1n) is 10.7. The molecule has 0 aromatic heterocycles. The molecule has 1 N–H and O–H groups in total. The van der Waals surface area contributed by atoms with Crippen molar-refractivity contribution >= 4 is 16.1 Å². The number of benzene rings is 2. The second-order valence-corrected chi connectivity index (χ2v) is 10.3. The van der Waals surface area contributed by atoms with Crippen LogP contribution >= 0.6 is 0 Å². The van der Waals surface area contributed by atoms with Crippen LogP contribution in [0.3, 0.4) is 0 Å². The molecule has 2 aromatic carbocycles. The van der Waals surface area contributed by atoms with Crippen LogP contribution in [0.1, 0.15) is 40.5 Å². The number of esters is 1. The van der Waals surface area contributed by atoms with Crippen LogP contribution in [-0.2, 0) is 24.4 Å². The fourth-order valence-corrected chi connectivity index (χ4v) is 6.06. The average molecular weight is 538 g/mol. The topological polar surface area (TPSA) is 89.9 Å². The number of halogens is 6. The van der Waals surface area contributed by atoms with Crippen molar-refractivity contribution in [2.75, 3.05) is 19.0 Å². The fourth-order valence-electron chi connectivity index (χ4n) is 5.13. The molecule has 0 fully saturated rings. The van der Waals surface area contributed by atoms with Gasteiger partial charge in [-0.3, -0.25) is 4.55 Å². The monoisotopic (exact) mass is 538 g/mol. The molecule has 0 amide bonds. The molecule has 0 saturated carbocycles. The van der Waals surface area contributed by atoms with Crippen LogP contribution in [-0.4, -0.2) is 55.9 Å². The quantitative estimate of drug-likeness (QED) is 0.315. The summed E-state index contributed by atoms with van der Waals surface area (Å²) in [4.78, 5) is 12.2. The Bertz CT molecular complexity index is 1190. The molecule has 0 aliphatic heterocycles. The van der Waals surface area contributed by atoms with Crippen LogP contribution < -0.4 is 0 Å². The second-order valence-electron chi connectivity index (χ2n) is 8.80. The summed E-state index contributed by atoms with van der Waals surface area (Å²) in [7, 11) is -5.81. The summed E-state index contributed by atoms with van der Waals surface area (Å²) in [6, 6.07) is 15.3. The molecule has 196 valence electrons. The molecular weight excluding hydrogens is 518 g/mol. The minimum atomic E-state index is -6.31. The molecule has 0 spiro atoms. The predicted octanol–water partition coefficient (Wildman–Crippen LogP) is 4.59. The summed E-state index contributed by atoms with van der Waals surface area (Å²) in [5.41, 5.74) is -1.08. The van der Waals surface area contributed by atoms with Crippen molar-refractivity contribution in [3.8, 4) is 0 Å². The summed E-state index contributed by atoms with van der Waals surface area (Å²) in [5.74, 6) is -4.90. The number of carbonyl (C=O) groups excluding carboxylic acids is 1. The molecule has 13 heteroatoms. The Balaban J connectivity index is 1.50. The van der Waals surface area contributed by atoms with Crippen molar-refractivity contribution in [3.63, 3.8) is 0 Å². The van der Waals surface area contributed by atoms with Crippen molar-refractivity contribution in [3.05, 3.63) is 70.8 Å². The first-order valence-corrected chi connectivity index (χ1v) is 12.3. The zero-order chi connectivity index (χ0) is 26.5. The van der Waals surface area contributed by atoms with Gasteiger partial charge in [0.2, 0.25) is 0 Å². The molecule has 3 aliphatic carbocycles. The zero-order valence-electron chi connectivity index (χ0n) is 18.3. The molecule has 36 heavy (non-hydrogen) atoms. The molecule has 0 saturated heterocycles. The highest BCUT2D eigenvalue weighted by molar-refractivity contribution is 7.85. The smallest absolute Gasteiger partial charge is 0.427 e. The molecule has 2 aromatic rings. The minimum absolute atomic E-state index is 0.0137. The van der Waals surface area contributed by atoms with E-state index in [1.165, 1.54) is 0 Å². The Labute approximate surface area is 202 Å². The molecular formula is C23H20F6O6S. The minimum Gasteiger partial charge on any atom is -0.464 e. The van der Waals surface area contributed by atoms with Gasteiger partial charge in [0, 0.05) is 17.8 Å². The molecule has 6 nitrogen and oxygen atoms in total. The van der Waals surface area contributed by atoms with Gasteiger partial charge < -0.3 is 9.47 Å². The third-order valence-corrected chi connectivity index (χ3v) is 7.39. The zero-order valence-corrected chi connectivity index (χ0v) is 19.2. The van der Waals surface area contributed by atoms with E-state index < -0.39 is 46.4 Å². The highest BCUT2D eigenvalue weighted by atomic mass is 32.2. The Morgan fingerprint density at radius 3 is 1.81 bits per heavy atom. The number of hydrogen-bond acceptors (Lipinski definition) is 5. The van der Waals surface area contributed by atoms with E-state index in [0.29, 0.717) is 6.42 Å². The van der Waals surface area contributed by atoms with Crippen molar-refractivity contribution < 1.29 is 53.6 Å². The van der Waals surface area contributed by atoms with Gasteiger partial charge in [-0.2, -0.15) is 34.8 Å². The maximum Gasteiger partial charge on any atom is 0.427 e. The van der Waals surface area contributed by atoms with Crippen LogP contribution in [0.25, 0.3) is 0 Å². The standard InChI is InChI=1S/C23H20F6O6S/c24-22(25,26)21(23(27,28)29,12-36(31,32)33)35-11-19(30)34-10-13-9-18-14-5-1-3-7-16(14)20(13)17-8-4-2-6-15(17)18/h1-8,13,18,20H,9-12H2,(H,31,32,33). The largest absolute Gasteiger partial charge is 0.464 e. The highest BCUT2D eigenvalue weighted by Crippen LogP contribution is 2.55.